The van der Waals surface area contributed by atoms with Gasteiger partial charge in [-0.2, -0.15) is 0 Å². The second-order valence-electron chi connectivity index (χ2n) is 10.8. The van der Waals surface area contributed by atoms with E-state index in [0.29, 0.717) is 28.2 Å². The van der Waals surface area contributed by atoms with Gasteiger partial charge in [0.05, 0.1) is 19.8 Å². The maximum atomic E-state index is 13.1. The number of carbonyl (C=O) groups excluding carboxylic acids is 3. The zero-order valence-electron chi connectivity index (χ0n) is 24.3. The van der Waals surface area contributed by atoms with Crippen molar-refractivity contribution in [3.05, 3.63) is 83.0 Å². The van der Waals surface area contributed by atoms with Crippen molar-refractivity contribution in [3.63, 3.8) is 0 Å². The van der Waals surface area contributed by atoms with E-state index in [4.69, 9.17) is 9.47 Å². The zero-order chi connectivity index (χ0) is 29.8. The van der Waals surface area contributed by atoms with E-state index in [1.165, 1.54) is 7.05 Å². The lowest BCUT2D eigenvalue weighted by atomic mass is 9.96. The molecule has 2 aliphatic heterocycles. The predicted octanol–water partition coefficient (Wildman–Crippen LogP) is 3.55. The number of nitrogens with zero attached hydrogens (tertiary/aromatic N) is 2. The molecule has 10 nitrogen and oxygen atoms in total. The molecule has 10 heteroatoms. The Morgan fingerprint density at radius 2 is 1.64 bits per heavy atom. The van der Waals surface area contributed by atoms with Crippen LogP contribution in [0.15, 0.2) is 60.8 Å². The van der Waals surface area contributed by atoms with Crippen LogP contribution in [0.25, 0.3) is 0 Å². The number of nitrogens with one attached hydrogen (secondary N) is 3. The van der Waals surface area contributed by atoms with Gasteiger partial charge in [0.15, 0.2) is 0 Å². The highest BCUT2D eigenvalue weighted by molar-refractivity contribution is 5.98. The number of anilines is 1. The number of likely N-dealkylation sites (N-methyl/N-ethyl adjacent to an activating group) is 1. The Morgan fingerprint density at radius 3 is 2.24 bits per heavy atom. The van der Waals surface area contributed by atoms with Crippen LogP contribution in [0.3, 0.4) is 0 Å². The number of carbonyl (C=O) groups is 3. The number of fused-ring (bicyclic) bond motifs is 2. The molecule has 220 valence electrons. The third-order valence-electron chi connectivity index (χ3n) is 8.32. The molecule has 2 bridgehead atoms. The molecule has 3 aromatic rings. The van der Waals surface area contributed by atoms with Gasteiger partial charge in [-0.05, 0) is 74.6 Å². The molecule has 2 fully saturated rings. The number of rotatable bonds is 9. The van der Waals surface area contributed by atoms with Crippen LogP contribution in [0.2, 0.25) is 0 Å². The molecule has 2 aliphatic rings. The molecule has 0 radical (unpaired) electrons. The molecule has 2 saturated heterocycles. The van der Waals surface area contributed by atoms with E-state index in [2.05, 4.69) is 25.8 Å². The molecule has 0 spiro atoms. The fraction of sp³-hybridized carbons (Fsp3) is 0.375. The summed E-state index contributed by atoms with van der Waals surface area (Å²) in [6.45, 7) is 1.90. The maximum absolute atomic E-state index is 13.1. The van der Waals surface area contributed by atoms with Gasteiger partial charge in [0.25, 0.3) is 11.8 Å². The first-order valence-corrected chi connectivity index (χ1v) is 14.2. The molecule has 0 unspecified atom stereocenters. The van der Waals surface area contributed by atoms with Crippen LogP contribution in [0.4, 0.5) is 5.82 Å². The summed E-state index contributed by atoms with van der Waals surface area (Å²) in [7, 11) is 4.71. The van der Waals surface area contributed by atoms with Gasteiger partial charge >= 0.3 is 0 Å². The smallest absolute Gasteiger partial charge is 0.253 e. The summed E-state index contributed by atoms with van der Waals surface area (Å²) in [6, 6.07) is 15.8. The van der Waals surface area contributed by atoms with Gasteiger partial charge in [0.1, 0.15) is 23.4 Å². The maximum Gasteiger partial charge on any atom is 0.253 e. The molecule has 4 atom stereocenters. The molecule has 42 heavy (non-hydrogen) atoms. The fourth-order valence-corrected chi connectivity index (χ4v) is 6.14. The molecular formula is C32H37N5O5. The van der Waals surface area contributed by atoms with Gasteiger partial charge < -0.3 is 30.3 Å². The summed E-state index contributed by atoms with van der Waals surface area (Å²) in [5.74, 6) is 1.37. The van der Waals surface area contributed by atoms with E-state index in [1.807, 2.05) is 31.2 Å². The molecule has 2 aromatic carbocycles. The first-order chi connectivity index (χ1) is 20.3. The quantitative estimate of drug-likeness (QED) is 0.359. The van der Waals surface area contributed by atoms with E-state index in [9.17, 15) is 14.4 Å². The summed E-state index contributed by atoms with van der Waals surface area (Å²) in [6.07, 6.45) is 5.25. The SMILES string of the molecule is CNC(=O)[C@@H](NC(=O)c1ccc(N2[C@@H]3CC[C@H]2C[C@@H](NC(=O)c2cccc(OC)c2C)C3)nc1)c1ccc(OC)cc1. The number of benzene rings is 2. The monoisotopic (exact) mass is 571 g/mol. The Kier molecular flexibility index (Phi) is 8.61. The van der Waals surface area contributed by atoms with Crippen molar-refractivity contribution in [2.24, 2.45) is 0 Å². The third-order valence-corrected chi connectivity index (χ3v) is 8.32. The second-order valence-corrected chi connectivity index (χ2v) is 10.8. The first-order valence-electron chi connectivity index (χ1n) is 14.2. The molecule has 3 heterocycles. The lowest BCUT2D eigenvalue weighted by molar-refractivity contribution is -0.122. The molecule has 5 rings (SSSR count). The normalized spacial score (nSPS) is 19.9. The second kappa shape index (κ2) is 12.5. The lowest BCUT2D eigenvalue weighted by Crippen LogP contribution is -2.50. The fourth-order valence-electron chi connectivity index (χ4n) is 6.14. The average Bonchev–Trinajstić information content (AvgIpc) is 3.29. The number of piperidine rings is 1. The number of methoxy groups -OCH3 is 2. The number of aromatic nitrogens is 1. The highest BCUT2D eigenvalue weighted by atomic mass is 16.5. The van der Waals surface area contributed by atoms with Crippen molar-refractivity contribution < 1.29 is 23.9 Å². The highest BCUT2D eigenvalue weighted by Gasteiger charge is 2.42. The number of ether oxygens (including phenoxy) is 2. The summed E-state index contributed by atoms with van der Waals surface area (Å²) >= 11 is 0. The molecular weight excluding hydrogens is 534 g/mol. The van der Waals surface area contributed by atoms with Crippen molar-refractivity contribution in [2.45, 2.75) is 56.8 Å². The summed E-state index contributed by atoms with van der Waals surface area (Å²) in [5, 5.41) is 8.67. The molecule has 1 aromatic heterocycles. The lowest BCUT2D eigenvalue weighted by Gasteiger charge is -2.40. The Balaban J connectivity index is 1.23. The van der Waals surface area contributed by atoms with E-state index in [0.717, 1.165) is 37.1 Å². The van der Waals surface area contributed by atoms with Crippen molar-refractivity contribution in [1.29, 1.82) is 0 Å². The minimum Gasteiger partial charge on any atom is -0.497 e. The van der Waals surface area contributed by atoms with Crippen LogP contribution < -0.4 is 30.3 Å². The standard InChI is InChI=1S/C32H37N5O5/c1-19-26(6-5-7-27(19)42-4)31(39)35-22-16-23-11-12-24(17-22)37(23)28-15-10-21(18-34-28)30(38)36-29(32(40)33-2)20-8-13-25(41-3)14-9-20/h5-10,13-15,18,22-24,29H,11-12,16-17H2,1-4H3,(H,33,40)(H,35,39)(H,36,38)/t22-,23+,24-,29-/m0/s1. The van der Waals surface area contributed by atoms with Crippen LogP contribution in [0.1, 0.15) is 63.6 Å². The van der Waals surface area contributed by atoms with Crippen LogP contribution in [-0.2, 0) is 4.79 Å². The topological polar surface area (TPSA) is 122 Å². The Bertz CT molecular complexity index is 1430. The van der Waals surface area contributed by atoms with Crippen molar-refractivity contribution >= 4 is 23.5 Å². The van der Waals surface area contributed by atoms with Gasteiger partial charge in [0, 0.05) is 42.5 Å². The van der Waals surface area contributed by atoms with Gasteiger partial charge in [0.2, 0.25) is 5.91 Å². The van der Waals surface area contributed by atoms with Gasteiger partial charge in [-0.15, -0.1) is 0 Å². The van der Waals surface area contributed by atoms with Crippen molar-refractivity contribution in [3.8, 4) is 11.5 Å². The Labute approximate surface area is 245 Å². The molecule has 0 aliphatic carbocycles. The predicted molar refractivity (Wildman–Crippen MR) is 159 cm³/mol. The van der Waals surface area contributed by atoms with Crippen molar-refractivity contribution in [1.82, 2.24) is 20.9 Å². The third kappa shape index (κ3) is 5.88. The number of hydrogen-bond donors (Lipinski definition) is 3. The summed E-state index contributed by atoms with van der Waals surface area (Å²) in [5.41, 5.74) is 2.47. The number of amides is 3. The largest absolute Gasteiger partial charge is 0.497 e. The van der Waals surface area contributed by atoms with Crippen LogP contribution in [-0.4, -0.2) is 62.1 Å². The summed E-state index contributed by atoms with van der Waals surface area (Å²) in [4.78, 5) is 45.7. The molecule has 0 saturated carbocycles. The first kappa shape index (κ1) is 28.9. The Hall–Kier alpha value is -4.60. The minimum absolute atomic E-state index is 0.0708. The minimum atomic E-state index is -0.862. The van der Waals surface area contributed by atoms with Crippen LogP contribution >= 0.6 is 0 Å². The van der Waals surface area contributed by atoms with Crippen molar-refractivity contribution in [2.75, 3.05) is 26.2 Å². The molecule has 3 amide bonds. The van der Waals surface area contributed by atoms with Gasteiger partial charge in [-0.25, -0.2) is 4.98 Å². The van der Waals surface area contributed by atoms with Crippen LogP contribution in [0, 0.1) is 6.92 Å². The van der Waals surface area contributed by atoms with E-state index >= 15 is 0 Å². The summed E-state index contributed by atoms with van der Waals surface area (Å²) < 4.78 is 10.6. The Morgan fingerprint density at radius 1 is 0.929 bits per heavy atom. The van der Waals surface area contributed by atoms with Gasteiger partial charge in [-0.1, -0.05) is 18.2 Å². The van der Waals surface area contributed by atoms with E-state index in [1.54, 1.807) is 50.7 Å². The highest BCUT2D eigenvalue weighted by Crippen LogP contribution is 2.38. The number of hydrogen-bond acceptors (Lipinski definition) is 7. The van der Waals surface area contributed by atoms with Gasteiger partial charge in [-0.3, -0.25) is 14.4 Å². The van der Waals surface area contributed by atoms with E-state index < -0.39 is 11.9 Å². The number of pyridine rings is 1. The molecule has 3 N–H and O–H groups in total. The van der Waals surface area contributed by atoms with Crippen LogP contribution in [0.5, 0.6) is 11.5 Å². The van der Waals surface area contributed by atoms with E-state index in [-0.39, 0.29) is 29.9 Å². The zero-order valence-corrected chi connectivity index (χ0v) is 24.3. The average molecular weight is 572 g/mol.